The van der Waals surface area contributed by atoms with Gasteiger partial charge in [0.1, 0.15) is 0 Å². The molecule has 4 heteroatoms. The molecule has 0 aliphatic heterocycles. The van der Waals surface area contributed by atoms with E-state index in [4.69, 9.17) is 0 Å². The fourth-order valence-electron chi connectivity index (χ4n) is 1.22. The van der Waals surface area contributed by atoms with Crippen molar-refractivity contribution in [2.75, 3.05) is 12.8 Å². The molecule has 0 aliphatic rings. The Morgan fingerprint density at radius 1 is 1.47 bits per heavy atom. The highest BCUT2D eigenvalue weighted by Gasteiger charge is 2.05. The van der Waals surface area contributed by atoms with Crippen LogP contribution in [0.3, 0.4) is 0 Å². The number of hydrogen-bond donors (Lipinski definition) is 1. The summed E-state index contributed by atoms with van der Waals surface area (Å²) < 4.78 is 11.1. The van der Waals surface area contributed by atoms with Crippen LogP contribution in [-0.4, -0.2) is 22.3 Å². The van der Waals surface area contributed by atoms with Crippen LogP contribution in [0.15, 0.2) is 12.1 Å². The molecule has 2 atom stereocenters. The standard InChI is InChI=1S/C11H19NOS2/c1-4-10-5-6-11(14-10)8-12-7-9(2)15(3)13/h5-6,9,12H,4,7-8H2,1-3H3. The largest absolute Gasteiger partial charge is 0.311 e. The number of thiophene rings is 1. The molecule has 0 aliphatic carbocycles. The summed E-state index contributed by atoms with van der Waals surface area (Å²) >= 11 is 1.85. The molecule has 0 spiro atoms. The predicted molar refractivity (Wildman–Crippen MR) is 68.9 cm³/mol. The van der Waals surface area contributed by atoms with Crippen molar-refractivity contribution in [1.82, 2.24) is 5.32 Å². The molecule has 2 unspecified atom stereocenters. The molecular weight excluding hydrogens is 226 g/mol. The highest BCUT2D eigenvalue weighted by atomic mass is 32.2. The second kappa shape index (κ2) is 6.40. The van der Waals surface area contributed by atoms with Gasteiger partial charge in [-0.1, -0.05) is 6.92 Å². The average molecular weight is 245 g/mol. The lowest BCUT2D eigenvalue weighted by atomic mass is 10.3. The molecule has 0 fully saturated rings. The predicted octanol–water partition coefficient (Wildman–Crippen LogP) is 2.17. The zero-order valence-corrected chi connectivity index (χ0v) is 11.2. The monoisotopic (exact) mass is 245 g/mol. The van der Waals surface area contributed by atoms with Crippen molar-refractivity contribution in [3.05, 3.63) is 21.9 Å². The van der Waals surface area contributed by atoms with Gasteiger partial charge in [-0.2, -0.15) is 0 Å². The topological polar surface area (TPSA) is 29.1 Å². The highest BCUT2D eigenvalue weighted by Crippen LogP contribution is 2.16. The van der Waals surface area contributed by atoms with Crippen LogP contribution in [0, 0.1) is 0 Å². The van der Waals surface area contributed by atoms with E-state index in [1.54, 1.807) is 6.26 Å². The van der Waals surface area contributed by atoms with E-state index in [0.717, 1.165) is 19.5 Å². The summed E-state index contributed by atoms with van der Waals surface area (Å²) in [4.78, 5) is 2.79. The average Bonchev–Trinajstić information content (AvgIpc) is 2.65. The SMILES string of the molecule is CCc1ccc(CNCC(C)S(C)=O)s1. The quantitative estimate of drug-likeness (QED) is 0.832. The lowest BCUT2D eigenvalue weighted by Crippen LogP contribution is -2.26. The molecule has 0 radical (unpaired) electrons. The van der Waals surface area contributed by atoms with Crippen molar-refractivity contribution >= 4 is 22.1 Å². The first-order valence-corrected chi connectivity index (χ1v) is 7.67. The lowest BCUT2D eigenvalue weighted by molar-refractivity contribution is 0.650. The Morgan fingerprint density at radius 3 is 2.67 bits per heavy atom. The van der Waals surface area contributed by atoms with Gasteiger partial charge in [-0.05, 0) is 25.5 Å². The highest BCUT2D eigenvalue weighted by molar-refractivity contribution is 7.84. The maximum atomic E-state index is 11.1. The van der Waals surface area contributed by atoms with Gasteiger partial charge in [0.2, 0.25) is 0 Å². The summed E-state index contributed by atoms with van der Waals surface area (Å²) in [5, 5.41) is 3.57. The normalized spacial score (nSPS) is 15.1. The Bertz CT molecular complexity index is 322. The summed E-state index contributed by atoms with van der Waals surface area (Å²) in [6.07, 6.45) is 2.87. The van der Waals surface area contributed by atoms with Crippen LogP contribution < -0.4 is 5.32 Å². The molecule has 1 rings (SSSR count). The number of nitrogens with one attached hydrogen (secondary N) is 1. The third-order valence-corrected chi connectivity index (χ3v) is 4.89. The molecule has 0 saturated heterocycles. The van der Waals surface area contributed by atoms with E-state index in [1.165, 1.54) is 9.75 Å². The van der Waals surface area contributed by atoms with Crippen molar-refractivity contribution in [3.8, 4) is 0 Å². The van der Waals surface area contributed by atoms with E-state index in [1.807, 2.05) is 18.3 Å². The van der Waals surface area contributed by atoms with Crippen LogP contribution in [0.5, 0.6) is 0 Å². The van der Waals surface area contributed by atoms with Gasteiger partial charge in [-0.25, -0.2) is 0 Å². The van der Waals surface area contributed by atoms with Gasteiger partial charge in [0.05, 0.1) is 0 Å². The van der Waals surface area contributed by atoms with E-state index < -0.39 is 10.8 Å². The maximum Gasteiger partial charge on any atom is 0.0441 e. The molecule has 1 N–H and O–H groups in total. The Hall–Kier alpha value is -0.190. The van der Waals surface area contributed by atoms with Crippen molar-refractivity contribution in [2.45, 2.75) is 32.1 Å². The molecule has 1 heterocycles. The minimum atomic E-state index is -0.724. The minimum absolute atomic E-state index is 0.232. The molecule has 0 bridgehead atoms. The summed E-state index contributed by atoms with van der Waals surface area (Å²) in [6, 6.07) is 4.35. The molecular formula is C11H19NOS2. The third-order valence-electron chi connectivity index (χ3n) is 2.36. The van der Waals surface area contributed by atoms with Crippen LogP contribution in [0.4, 0.5) is 0 Å². The second-order valence-electron chi connectivity index (χ2n) is 3.66. The van der Waals surface area contributed by atoms with Crippen molar-refractivity contribution < 1.29 is 4.21 Å². The van der Waals surface area contributed by atoms with E-state index in [0.29, 0.717) is 0 Å². The van der Waals surface area contributed by atoms with E-state index in [-0.39, 0.29) is 5.25 Å². The first-order chi connectivity index (χ1) is 7.13. The number of hydrogen-bond acceptors (Lipinski definition) is 3. The van der Waals surface area contributed by atoms with Gasteiger partial charge in [0, 0.05) is 45.1 Å². The zero-order valence-electron chi connectivity index (χ0n) is 9.58. The Morgan fingerprint density at radius 2 is 2.13 bits per heavy atom. The number of aryl methyl sites for hydroxylation is 1. The van der Waals surface area contributed by atoms with Gasteiger partial charge in [0.15, 0.2) is 0 Å². The molecule has 0 amide bonds. The van der Waals surface area contributed by atoms with E-state index in [2.05, 4.69) is 24.4 Å². The zero-order chi connectivity index (χ0) is 11.3. The third kappa shape index (κ3) is 4.45. The minimum Gasteiger partial charge on any atom is -0.311 e. The Balaban J connectivity index is 2.28. The first kappa shape index (κ1) is 12.9. The van der Waals surface area contributed by atoms with Gasteiger partial charge < -0.3 is 5.32 Å². The molecule has 1 aromatic heterocycles. The van der Waals surface area contributed by atoms with Crippen molar-refractivity contribution in [3.63, 3.8) is 0 Å². The molecule has 0 saturated carbocycles. The summed E-state index contributed by atoms with van der Waals surface area (Å²) in [7, 11) is -0.724. The van der Waals surface area contributed by atoms with Crippen molar-refractivity contribution in [2.24, 2.45) is 0 Å². The molecule has 2 nitrogen and oxygen atoms in total. The molecule has 86 valence electrons. The smallest absolute Gasteiger partial charge is 0.0441 e. The van der Waals surface area contributed by atoms with Gasteiger partial charge in [-0.3, -0.25) is 4.21 Å². The van der Waals surface area contributed by atoms with Crippen LogP contribution in [0.25, 0.3) is 0 Å². The lowest BCUT2D eigenvalue weighted by Gasteiger charge is -2.08. The molecule has 1 aromatic rings. The fraction of sp³-hybridized carbons (Fsp3) is 0.636. The van der Waals surface area contributed by atoms with Crippen molar-refractivity contribution in [1.29, 1.82) is 0 Å². The first-order valence-electron chi connectivity index (χ1n) is 5.24. The molecule has 0 aromatic carbocycles. The van der Waals surface area contributed by atoms with E-state index >= 15 is 0 Å². The van der Waals surface area contributed by atoms with Crippen LogP contribution in [-0.2, 0) is 23.8 Å². The van der Waals surface area contributed by atoms with Gasteiger partial charge >= 0.3 is 0 Å². The van der Waals surface area contributed by atoms with Gasteiger partial charge in [0.25, 0.3) is 0 Å². The number of rotatable bonds is 6. The summed E-state index contributed by atoms with van der Waals surface area (Å²) in [5.74, 6) is 0. The summed E-state index contributed by atoms with van der Waals surface area (Å²) in [6.45, 7) is 5.90. The summed E-state index contributed by atoms with van der Waals surface area (Å²) in [5.41, 5.74) is 0. The Kier molecular flexibility index (Phi) is 5.50. The van der Waals surface area contributed by atoms with E-state index in [9.17, 15) is 4.21 Å². The fourth-order valence-corrected chi connectivity index (χ4v) is 2.50. The molecule has 15 heavy (non-hydrogen) atoms. The van der Waals surface area contributed by atoms with Crippen LogP contribution in [0.2, 0.25) is 0 Å². The second-order valence-corrected chi connectivity index (χ2v) is 6.72. The van der Waals surface area contributed by atoms with Crippen LogP contribution >= 0.6 is 11.3 Å². The maximum absolute atomic E-state index is 11.1. The Labute approximate surface area is 98.6 Å². The van der Waals surface area contributed by atoms with Gasteiger partial charge in [-0.15, -0.1) is 11.3 Å². The van der Waals surface area contributed by atoms with Crippen LogP contribution in [0.1, 0.15) is 23.6 Å².